The molecule has 20 heavy (non-hydrogen) atoms. The molecule has 6 heteroatoms. The van der Waals surface area contributed by atoms with E-state index in [4.69, 9.17) is 9.47 Å². The van der Waals surface area contributed by atoms with E-state index < -0.39 is 0 Å². The third-order valence-electron chi connectivity index (χ3n) is 3.19. The minimum absolute atomic E-state index is 0.129. The van der Waals surface area contributed by atoms with Gasteiger partial charge >= 0.3 is 0 Å². The van der Waals surface area contributed by atoms with Crippen LogP contribution in [-0.2, 0) is 11.3 Å². The number of benzene rings is 1. The predicted molar refractivity (Wildman–Crippen MR) is 87.3 cm³/mol. The minimum Gasteiger partial charge on any atom is -0.488 e. The van der Waals surface area contributed by atoms with Crippen molar-refractivity contribution in [3.05, 3.63) is 26.6 Å². The van der Waals surface area contributed by atoms with E-state index in [0.29, 0.717) is 6.61 Å². The normalized spacial score (nSPS) is 20.1. The molecular formula is C14H20Br2N2O2. The molecule has 1 aliphatic heterocycles. The van der Waals surface area contributed by atoms with Gasteiger partial charge in [-0.3, -0.25) is 0 Å². The van der Waals surface area contributed by atoms with E-state index in [0.717, 1.165) is 40.9 Å². The lowest BCUT2D eigenvalue weighted by atomic mass is 10.2. The molecular weight excluding hydrogens is 388 g/mol. The van der Waals surface area contributed by atoms with Crippen molar-refractivity contribution in [2.45, 2.75) is 12.6 Å². The van der Waals surface area contributed by atoms with E-state index in [1.54, 1.807) is 0 Å². The van der Waals surface area contributed by atoms with Gasteiger partial charge in [0.05, 0.1) is 15.6 Å². The lowest BCUT2D eigenvalue weighted by molar-refractivity contribution is -0.0405. The van der Waals surface area contributed by atoms with E-state index >= 15 is 0 Å². The summed E-state index contributed by atoms with van der Waals surface area (Å²) in [5, 5.41) is 3.14. The molecule has 0 saturated carbocycles. The quantitative estimate of drug-likeness (QED) is 0.813. The summed E-state index contributed by atoms with van der Waals surface area (Å²) in [4.78, 5) is 2.26. The molecule has 1 fully saturated rings. The van der Waals surface area contributed by atoms with Crippen molar-refractivity contribution in [3.8, 4) is 5.75 Å². The van der Waals surface area contributed by atoms with Crippen molar-refractivity contribution in [1.82, 2.24) is 10.2 Å². The van der Waals surface area contributed by atoms with Gasteiger partial charge in [0.2, 0.25) is 0 Å². The van der Waals surface area contributed by atoms with Crippen LogP contribution in [0.2, 0.25) is 0 Å². The number of halogens is 2. The average molecular weight is 408 g/mol. The highest BCUT2D eigenvalue weighted by molar-refractivity contribution is 9.11. The number of likely N-dealkylation sites (N-methyl/N-ethyl adjacent to an activating group) is 1. The highest BCUT2D eigenvalue weighted by atomic mass is 79.9. The van der Waals surface area contributed by atoms with Crippen LogP contribution in [-0.4, -0.2) is 51.4 Å². The summed E-state index contributed by atoms with van der Waals surface area (Å²) in [7, 11) is 4.04. The summed E-state index contributed by atoms with van der Waals surface area (Å²) in [5.41, 5.74) is 1.20. The second-order valence-corrected chi connectivity index (χ2v) is 6.69. The smallest absolute Gasteiger partial charge is 0.147 e. The number of nitrogens with zero attached hydrogens (tertiary/aromatic N) is 1. The number of hydrogen-bond acceptors (Lipinski definition) is 4. The van der Waals surface area contributed by atoms with Gasteiger partial charge in [-0.15, -0.1) is 0 Å². The molecule has 1 N–H and O–H groups in total. The molecule has 1 aromatic carbocycles. The maximum absolute atomic E-state index is 5.92. The molecule has 0 spiro atoms. The zero-order chi connectivity index (χ0) is 14.5. The van der Waals surface area contributed by atoms with Crippen molar-refractivity contribution < 1.29 is 9.47 Å². The molecule has 1 aliphatic rings. The molecule has 112 valence electrons. The highest BCUT2D eigenvalue weighted by Crippen LogP contribution is 2.35. The van der Waals surface area contributed by atoms with E-state index in [-0.39, 0.29) is 6.10 Å². The summed E-state index contributed by atoms with van der Waals surface area (Å²) in [5.74, 6) is 0.835. The van der Waals surface area contributed by atoms with Gasteiger partial charge in [0.15, 0.2) is 0 Å². The number of hydrogen-bond donors (Lipinski definition) is 1. The fourth-order valence-electron chi connectivity index (χ4n) is 2.20. The Labute approximate surface area is 137 Å². The number of morpholine rings is 1. The molecule has 0 aliphatic carbocycles. The second-order valence-electron chi connectivity index (χ2n) is 4.98. The SMILES string of the molecule is CNCc1cc(Br)c(OCC2CN(C)CCO2)c(Br)c1. The molecule has 1 atom stereocenters. The molecule has 2 rings (SSSR count). The largest absolute Gasteiger partial charge is 0.488 e. The Bertz CT molecular complexity index is 434. The Kier molecular flexibility index (Phi) is 6.29. The lowest BCUT2D eigenvalue weighted by Gasteiger charge is -2.30. The van der Waals surface area contributed by atoms with Crippen LogP contribution in [0.4, 0.5) is 0 Å². The molecule has 0 radical (unpaired) electrons. The van der Waals surface area contributed by atoms with Crippen molar-refractivity contribution in [2.24, 2.45) is 0 Å². The van der Waals surface area contributed by atoms with Crippen molar-refractivity contribution in [2.75, 3.05) is 40.4 Å². The van der Waals surface area contributed by atoms with Gasteiger partial charge in [-0.25, -0.2) is 0 Å². The average Bonchev–Trinajstić information content (AvgIpc) is 2.38. The van der Waals surface area contributed by atoms with E-state index in [1.807, 2.05) is 7.05 Å². The summed E-state index contributed by atoms with van der Waals surface area (Å²) in [6.45, 7) is 4.06. The molecule has 1 heterocycles. The first-order valence-corrected chi connectivity index (χ1v) is 8.24. The fraction of sp³-hybridized carbons (Fsp3) is 0.571. The van der Waals surface area contributed by atoms with E-state index in [1.165, 1.54) is 5.56 Å². The molecule has 1 aromatic rings. The Morgan fingerprint density at radius 1 is 1.40 bits per heavy atom. The molecule has 4 nitrogen and oxygen atoms in total. The zero-order valence-corrected chi connectivity index (χ0v) is 15.0. The van der Waals surface area contributed by atoms with E-state index in [2.05, 4.69) is 61.3 Å². The highest BCUT2D eigenvalue weighted by Gasteiger charge is 2.19. The summed E-state index contributed by atoms with van der Waals surface area (Å²) >= 11 is 7.14. The Hall–Kier alpha value is -0.140. The zero-order valence-electron chi connectivity index (χ0n) is 11.8. The second kappa shape index (κ2) is 7.75. The topological polar surface area (TPSA) is 33.7 Å². The first kappa shape index (κ1) is 16.2. The first-order valence-electron chi connectivity index (χ1n) is 6.65. The van der Waals surface area contributed by atoms with Gasteiger partial charge in [-0.2, -0.15) is 0 Å². The van der Waals surface area contributed by atoms with Gasteiger partial charge in [-0.05, 0) is 63.7 Å². The van der Waals surface area contributed by atoms with Crippen LogP contribution in [0, 0.1) is 0 Å². The predicted octanol–water partition coefficient (Wildman–Crippen LogP) is 2.64. The molecule has 1 unspecified atom stereocenters. The molecule has 0 amide bonds. The summed E-state index contributed by atoms with van der Waals surface area (Å²) in [6, 6.07) is 4.15. The number of nitrogens with one attached hydrogen (secondary N) is 1. The Morgan fingerprint density at radius 2 is 2.10 bits per heavy atom. The van der Waals surface area contributed by atoms with Crippen LogP contribution in [0.15, 0.2) is 21.1 Å². The monoisotopic (exact) mass is 406 g/mol. The van der Waals surface area contributed by atoms with Crippen molar-refractivity contribution in [1.29, 1.82) is 0 Å². The van der Waals surface area contributed by atoms with Crippen LogP contribution in [0.5, 0.6) is 5.75 Å². The molecule has 0 bridgehead atoms. The third-order valence-corrected chi connectivity index (χ3v) is 4.37. The number of ether oxygens (including phenoxy) is 2. The van der Waals surface area contributed by atoms with Crippen molar-refractivity contribution >= 4 is 31.9 Å². The maximum atomic E-state index is 5.92. The van der Waals surface area contributed by atoms with Crippen LogP contribution >= 0.6 is 31.9 Å². The van der Waals surface area contributed by atoms with Gasteiger partial charge in [-0.1, -0.05) is 0 Å². The van der Waals surface area contributed by atoms with E-state index in [9.17, 15) is 0 Å². The van der Waals surface area contributed by atoms with Crippen LogP contribution < -0.4 is 10.1 Å². The van der Waals surface area contributed by atoms with Gasteiger partial charge in [0, 0.05) is 19.6 Å². The number of rotatable bonds is 5. The van der Waals surface area contributed by atoms with Gasteiger partial charge in [0.1, 0.15) is 18.5 Å². The Balaban J connectivity index is 1.98. The maximum Gasteiger partial charge on any atom is 0.147 e. The van der Waals surface area contributed by atoms with Crippen LogP contribution in [0.1, 0.15) is 5.56 Å². The van der Waals surface area contributed by atoms with Gasteiger partial charge in [0.25, 0.3) is 0 Å². The van der Waals surface area contributed by atoms with Crippen LogP contribution in [0.25, 0.3) is 0 Å². The standard InChI is InChI=1S/C14H20Br2N2O2/c1-17-7-10-5-12(15)14(13(16)6-10)20-9-11-8-18(2)3-4-19-11/h5-6,11,17H,3-4,7-9H2,1-2H3. The first-order chi connectivity index (χ1) is 9.60. The van der Waals surface area contributed by atoms with Gasteiger partial charge < -0.3 is 19.7 Å². The fourth-order valence-corrected chi connectivity index (χ4v) is 3.71. The van der Waals surface area contributed by atoms with Crippen LogP contribution in [0.3, 0.4) is 0 Å². The van der Waals surface area contributed by atoms with Crippen molar-refractivity contribution in [3.63, 3.8) is 0 Å². The summed E-state index contributed by atoms with van der Waals surface area (Å²) < 4.78 is 13.5. The lowest BCUT2D eigenvalue weighted by Crippen LogP contribution is -2.42. The molecule has 1 saturated heterocycles. The third kappa shape index (κ3) is 4.43. The summed E-state index contributed by atoms with van der Waals surface area (Å²) in [6.07, 6.45) is 0.129. The molecule has 0 aromatic heterocycles. The minimum atomic E-state index is 0.129. The Morgan fingerprint density at radius 3 is 2.70 bits per heavy atom.